The van der Waals surface area contributed by atoms with Gasteiger partial charge in [-0.1, -0.05) is 13.8 Å². The van der Waals surface area contributed by atoms with Crippen LogP contribution in [-0.4, -0.2) is 39.5 Å². The average Bonchev–Trinajstić information content (AvgIpc) is 2.35. The highest BCUT2D eigenvalue weighted by atomic mass is 32.2. The number of rotatable bonds is 6. The number of aromatic carboxylic acids is 1. The van der Waals surface area contributed by atoms with Crippen LogP contribution < -0.4 is 9.47 Å². The third-order valence-corrected chi connectivity index (χ3v) is 4.65. The van der Waals surface area contributed by atoms with Crippen molar-refractivity contribution in [1.82, 2.24) is 0 Å². The minimum absolute atomic E-state index is 0.00324. The summed E-state index contributed by atoms with van der Waals surface area (Å²) in [5.41, 5.74) is -0.241. The summed E-state index contributed by atoms with van der Waals surface area (Å²) in [6, 6.07) is 2.38. The highest BCUT2D eigenvalue weighted by molar-refractivity contribution is 7.91. The van der Waals surface area contributed by atoms with E-state index in [0.29, 0.717) is 0 Å². The van der Waals surface area contributed by atoms with Gasteiger partial charge in [0.25, 0.3) is 0 Å². The smallest absolute Gasteiger partial charge is 0.339 e. The molecule has 0 aliphatic carbocycles. The van der Waals surface area contributed by atoms with E-state index in [1.165, 1.54) is 20.3 Å². The number of carboxylic acids is 1. The van der Waals surface area contributed by atoms with Gasteiger partial charge in [-0.3, -0.25) is 0 Å². The topological polar surface area (TPSA) is 89.9 Å². The lowest BCUT2D eigenvalue weighted by atomic mass is 10.2. The maximum absolute atomic E-state index is 12.2. The molecule has 0 fully saturated rings. The standard InChI is InChI=1S/C13H18O6S/c1-8(2)7-20(16,17)9-5-10(13(14)15)12(19-4)11(6-9)18-3/h5-6,8H,7H2,1-4H3,(H,14,15). The summed E-state index contributed by atoms with van der Waals surface area (Å²) in [4.78, 5) is 11.1. The maximum atomic E-state index is 12.2. The third-order valence-electron chi connectivity index (χ3n) is 2.59. The Balaban J connectivity index is 3.51. The zero-order valence-corrected chi connectivity index (χ0v) is 12.7. The second-order valence-electron chi connectivity index (χ2n) is 4.69. The minimum atomic E-state index is -3.57. The molecule has 0 spiro atoms. The van der Waals surface area contributed by atoms with Crippen LogP contribution in [0, 0.1) is 5.92 Å². The van der Waals surface area contributed by atoms with Crippen LogP contribution in [0.4, 0.5) is 0 Å². The Morgan fingerprint density at radius 2 is 1.85 bits per heavy atom. The predicted molar refractivity (Wildman–Crippen MR) is 73.4 cm³/mol. The van der Waals surface area contributed by atoms with Gasteiger partial charge in [-0.25, -0.2) is 13.2 Å². The molecule has 0 saturated carbocycles. The van der Waals surface area contributed by atoms with Gasteiger partial charge in [0, 0.05) is 6.07 Å². The molecule has 0 saturated heterocycles. The lowest BCUT2D eigenvalue weighted by Crippen LogP contribution is -2.13. The van der Waals surface area contributed by atoms with Crippen LogP contribution >= 0.6 is 0 Å². The van der Waals surface area contributed by atoms with Crippen LogP contribution in [0.3, 0.4) is 0 Å². The molecule has 0 amide bonds. The van der Waals surface area contributed by atoms with Crippen molar-refractivity contribution in [2.45, 2.75) is 18.7 Å². The SMILES string of the molecule is COc1cc(S(=O)(=O)CC(C)C)cc(C(=O)O)c1OC. The van der Waals surface area contributed by atoms with Crippen molar-refractivity contribution in [2.75, 3.05) is 20.0 Å². The van der Waals surface area contributed by atoms with Crippen molar-refractivity contribution in [1.29, 1.82) is 0 Å². The van der Waals surface area contributed by atoms with E-state index in [1.807, 2.05) is 0 Å². The number of carboxylic acid groups (broad SMARTS) is 1. The Kier molecular flexibility index (Phi) is 4.99. The number of benzene rings is 1. The number of hydrogen-bond donors (Lipinski definition) is 1. The normalized spacial score (nSPS) is 11.4. The molecule has 1 N–H and O–H groups in total. The summed E-state index contributed by atoms with van der Waals surface area (Å²) in [5.74, 6) is -1.33. The Morgan fingerprint density at radius 3 is 2.25 bits per heavy atom. The Labute approximate surface area is 118 Å². The highest BCUT2D eigenvalue weighted by Crippen LogP contribution is 2.34. The van der Waals surface area contributed by atoms with E-state index in [4.69, 9.17) is 14.6 Å². The maximum Gasteiger partial charge on any atom is 0.339 e. The third kappa shape index (κ3) is 3.41. The van der Waals surface area contributed by atoms with Crippen molar-refractivity contribution in [2.24, 2.45) is 5.92 Å². The van der Waals surface area contributed by atoms with Crippen LogP contribution in [-0.2, 0) is 9.84 Å². The fourth-order valence-electron chi connectivity index (χ4n) is 1.81. The molecule has 1 aromatic carbocycles. The van der Waals surface area contributed by atoms with E-state index in [0.717, 1.165) is 6.07 Å². The fraction of sp³-hybridized carbons (Fsp3) is 0.462. The molecule has 1 rings (SSSR count). The predicted octanol–water partition coefficient (Wildman–Crippen LogP) is 1.83. The van der Waals surface area contributed by atoms with E-state index < -0.39 is 15.8 Å². The van der Waals surface area contributed by atoms with Gasteiger partial charge in [0.05, 0.1) is 24.9 Å². The van der Waals surface area contributed by atoms with Crippen molar-refractivity contribution < 1.29 is 27.8 Å². The molecule has 112 valence electrons. The molecule has 1 aromatic rings. The summed E-state index contributed by atoms with van der Waals surface area (Å²) < 4.78 is 34.4. The summed E-state index contributed by atoms with van der Waals surface area (Å²) in [7, 11) is -0.952. The molecule has 0 aliphatic rings. The number of hydrogen-bond acceptors (Lipinski definition) is 5. The summed E-state index contributed by atoms with van der Waals surface area (Å²) in [6.45, 7) is 3.55. The van der Waals surface area contributed by atoms with Crippen molar-refractivity contribution in [3.05, 3.63) is 17.7 Å². The first-order valence-electron chi connectivity index (χ1n) is 5.95. The Bertz CT molecular complexity index is 604. The van der Waals surface area contributed by atoms with Crippen LogP contribution in [0.25, 0.3) is 0 Å². The van der Waals surface area contributed by atoms with Gasteiger partial charge in [-0.2, -0.15) is 0 Å². The van der Waals surface area contributed by atoms with Crippen molar-refractivity contribution >= 4 is 15.8 Å². The number of sulfone groups is 1. The van der Waals surface area contributed by atoms with Gasteiger partial charge in [-0.05, 0) is 12.0 Å². The largest absolute Gasteiger partial charge is 0.493 e. The van der Waals surface area contributed by atoms with Crippen molar-refractivity contribution in [3.63, 3.8) is 0 Å². The first kappa shape index (κ1) is 16.3. The van der Waals surface area contributed by atoms with E-state index >= 15 is 0 Å². The first-order chi connectivity index (χ1) is 9.22. The average molecular weight is 302 g/mol. The van der Waals surface area contributed by atoms with Gasteiger partial charge in [0.15, 0.2) is 21.3 Å². The van der Waals surface area contributed by atoms with E-state index in [9.17, 15) is 13.2 Å². The monoisotopic (exact) mass is 302 g/mol. The minimum Gasteiger partial charge on any atom is -0.493 e. The van der Waals surface area contributed by atoms with E-state index in [-0.39, 0.29) is 33.6 Å². The summed E-state index contributed by atoms with van der Waals surface area (Å²) in [6.07, 6.45) is 0. The molecular formula is C13H18O6S. The highest BCUT2D eigenvalue weighted by Gasteiger charge is 2.24. The molecule has 0 aromatic heterocycles. The molecular weight excluding hydrogens is 284 g/mol. The molecule has 0 aliphatic heterocycles. The van der Waals surface area contributed by atoms with Crippen LogP contribution in [0.5, 0.6) is 11.5 Å². The van der Waals surface area contributed by atoms with Crippen LogP contribution in [0.15, 0.2) is 17.0 Å². The lowest BCUT2D eigenvalue weighted by Gasteiger charge is -2.14. The molecule has 0 heterocycles. The zero-order valence-electron chi connectivity index (χ0n) is 11.8. The zero-order chi connectivity index (χ0) is 15.5. The molecule has 20 heavy (non-hydrogen) atoms. The van der Waals surface area contributed by atoms with E-state index in [1.54, 1.807) is 13.8 Å². The fourth-order valence-corrected chi connectivity index (χ4v) is 3.47. The van der Waals surface area contributed by atoms with Crippen LogP contribution in [0.2, 0.25) is 0 Å². The van der Waals surface area contributed by atoms with Gasteiger partial charge in [-0.15, -0.1) is 0 Å². The van der Waals surface area contributed by atoms with E-state index in [2.05, 4.69) is 0 Å². The van der Waals surface area contributed by atoms with Gasteiger partial charge >= 0.3 is 5.97 Å². The number of ether oxygens (including phenoxy) is 2. The quantitative estimate of drug-likeness (QED) is 0.862. The molecule has 7 heteroatoms. The Hall–Kier alpha value is -1.76. The summed E-state index contributed by atoms with van der Waals surface area (Å²) >= 11 is 0. The number of carbonyl (C=O) groups is 1. The van der Waals surface area contributed by atoms with Crippen LogP contribution in [0.1, 0.15) is 24.2 Å². The molecule has 0 atom stereocenters. The van der Waals surface area contributed by atoms with Gasteiger partial charge in [0.1, 0.15) is 5.56 Å². The molecule has 0 radical (unpaired) electrons. The second-order valence-corrected chi connectivity index (χ2v) is 6.72. The molecule has 0 bridgehead atoms. The van der Waals surface area contributed by atoms with Gasteiger partial charge < -0.3 is 14.6 Å². The van der Waals surface area contributed by atoms with Crippen molar-refractivity contribution in [3.8, 4) is 11.5 Å². The lowest BCUT2D eigenvalue weighted by molar-refractivity contribution is 0.0692. The number of methoxy groups -OCH3 is 2. The summed E-state index contributed by atoms with van der Waals surface area (Å²) in [5, 5.41) is 9.16. The van der Waals surface area contributed by atoms with Gasteiger partial charge in [0.2, 0.25) is 0 Å². The molecule has 0 unspecified atom stereocenters. The first-order valence-corrected chi connectivity index (χ1v) is 7.60. The Morgan fingerprint density at radius 1 is 1.25 bits per heavy atom. The molecule has 6 nitrogen and oxygen atoms in total. The second kappa shape index (κ2) is 6.13.